The molecule has 0 aromatic carbocycles. The van der Waals surface area contributed by atoms with Crippen molar-refractivity contribution in [2.45, 2.75) is 29.9 Å². The third kappa shape index (κ3) is 3.46. The lowest BCUT2D eigenvalue weighted by atomic mass is 9.58. The van der Waals surface area contributed by atoms with E-state index in [1.54, 1.807) is 11.0 Å². The van der Waals surface area contributed by atoms with E-state index in [0.29, 0.717) is 4.34 Å². The van der Waals surface area contributed by atoms with E-state index in [-0.39, 0.29) is 48.1 Å². The zero-order chi connectivity index (χ0) is 20.1. The second-order valence-electron chi connectivity index (χ2n) is 7.85. The Balaban J connectivity index is 1.45. The second-order valence-corrected chi connectivity index (χ2v) is 11.7. The molecule has 0 radical (unpaired) electrons. The molecule has 4 aliphatic rings. The maximum Gasteiger partial charge on any atom is 0.307 e. The van der Waals surface area contributed by atoms with Crippen LogP contribution in [0.2, 0.25) is 4.34 Å². The van der Waals surface area contributed by atoms with E-state index in [2.05, 4.69) is 0 Å². The average Bonchev–Trinajstić information content (AvgIpc) is 3.15. The van der Waals surface area contributed by atoms with Crippen molar-refractivity contribution in [3.8, 4) is 0 Å². The minimum absolute atomic E-state index is 0.0849. The predicted molar refractivity (Wildman–Crippen MR) is 105 cm³/mol. The summed E-state index contributed by atoms with van der Waals surface area (Å²) >= 11 is 6.88. The Hall–Kier alpha value is -1.16. The van der Waals surface area contributed by atoms with Gasteiger partial charge in [0.2, 0.25) is 5.91 Å². The van der Waals surface area contributed by atoms with E-state index in [1.807, 2.05) is 0 Å². The maximum absolute atomic E-state index is 13.2. The van der Waals surface area contributed by atoms with Gasteiger partial charge in [-0.15, -0.1) is 11.3 Å². The van der Waals surface area contributed by atoms with Gasteiger partial charge < -0.3 is 10.0 Å². The fourth-order valence-electron chi connectivity index (χ4n) is 5.08. The number of thiophene rings is 1. The van der Waals surface area contributed by atoms with Gasteiger partial charge in [-0.25, -0.2) is 8.42 Å². The van der Waals surface area contributed by atoms with Crippen molar-refractivity contribution in [2.24, 2.45) is 23.7 Å². The SMILES string of the molecule is O=C(O)[C@H]1C2CCC(CC2)[C@@H]1C(=O)N1CCN(S(=O)(=O)c2ccc(Cl)s2)CC1. The van der Waals surface area contributed by atoms with Crippen molar-refractivity contribution >= 4 is 44.8 Å². The number of piperazine rings is 1. The average molecular weight is 447 g/mol. The molecule has 1 N–H and O–H groups in total. The van der Waals surface area contributed by atoms with Crippen molar-refractivity contribution in [1.29, 1.82) is 0 Å². The van der Waals surface area contributed by atoms with Crippen LogP contribution < -0.4 is 0 Å². The van der Waals surface area contributed by atoms with Gasteiger partial charge in [-0.3, -0.25) is 9.59 Å². The first-order chi connectivity index (χ1) is 13.3. The summed E-state index contributed by atoms with van der Waals surface area (Å²) in [5.74, 6) is -1.84. The molecule has 154 valence electrons. The van der Waals surface area contributed by atoms with E-state index >= 15 is 0 Å². The number of hydrogen-bond donors (Lipinski definition) is 1. The Morgan fingerprint density at radius 1 is 1.00 bits per heavy atom. The second kappa shape index (κ2) is 7.59. The molecular weight excluding hydrogens is 424 g/mol. The predicted octanol–water partition coefficient (Wildman–Crippen LogP) is 2.37. The molecule has 5 rings (SSSR count). The highest BCUT2D eigenvalue weighted by atomic mass is 35.5. The number of aliphatic carboxylic acids is 1. The summed E-state index contributed by atoms with van der Waals surface area (Å²) in [6.07, 6.45) is 3.61. The lowest BCUT2D eigenvalue weighted by Crippen LogP contribution is -2.56. The highest BCUT2D eigenvalue weighted by Gasteiger charge is 2.51. The number of carbonyl (C=O) groups excluding carboxylic acids is 1. The third-order valence-corrected chi connectivity index (χ3v) is 10.1. The van der Waals surface area contributed by atoms with Crippen LogP contribution in [0.15, 0.2) is 16.3 Å². The third-order valence-electron chi connectivity index (χ3n) is 6.48. The standard InChI is InChI=1S/C18H23ClN2O5S2/c19-13-5-6-14(27-13)28(25,26)21-9-7-20(8-10-21)17(22)15-11-1-3-12(4-2-11)16(15)18(23)24/h5-6,11-12,15-16H,1-4,7-10H2,(H,23,24)/t11?,12?,15-,16-/m0/s1. The molecule has 4 fully saturated rings. The van der Waals surface area contributed by atoms with Gasteiger partial charge in [0.05, 0.1) is 16.2 Å². The quantitative estimate of drug-likeness (QED) is 0.766. The summed E-state index contributed by atoms with van der Waals surface area (Å²) in [6.45, 7) is 0.999. The normalized spacial score (nSPS) is 31.1. The summed E-state index contributed by atoms with van der Waals surface area (Å²) < 4.78 is 27.4. The van der Waals surface area contributed by atoms with Crippen LogP contribution in [0.4, 0.5) is 0 Å². The van der Waals surface area contributed by atoms with Crippen LogP contribution in [0.1, 0.15) is 25.7 Å². The van der Waals surface area contributed by atoms with Gasteiger partial charge >= 0.3 is 5.97 Å². The Bertz CT molecular complexity index is 870. The molecule has 1 aromatic rings. The van der Waals surface area contributed by atoms with Crippen LogP contribution in [0.25, 0.3) is 0 Å². The van der Waals surface area contributed by atoms with Gasteiger partial charge in [-0.1, -0.05) is 11.6 Å². The number of hydrogen-bond acceptors (Lipinski definition) is 5. The van der Waals surface area contributed by atoms with Crippen molar-refractivity contribution in [3.63, 3.8) is 0 Å². The Labute approximate surface area is 173 Å². The molecule has 3 aliphatic carbocycles. The highest BCUT2D eigenvalue weighted by molar-refractivity contribution is 7.91. The van der Waals surface area contributed by atoms with Crippen molar-refractivity contribution in [1.82, 2.24) is 9.21 Å². The summed E-state index contributed by atoms with van der Waals surface area (Å²) in [4.78, 5) is 26.6. The number of carboxylic acids is 1. The molecule has 1 aromatic heterocycles. The molecule has 1 amide bonds. The fourth-order valence-corrected chi connectivity index (χ4v) is 8.14. The van der Waals surface area contributed by atoms with E-state index in [1.165, 1.54) is 10.4 Å². The molecule has 1 saturated heterocycles. The molecule has 10 heteroatoms. The molecule has 1 aliphatic heterocycles. The lowest BCUT2D eigenvalue weighted by molar-refractivity contribution is -0.162. The molecule has 3 saturated carbocycles. The van der Waals surface area contributed by atoms with Crippen LogP contribution in [0, 0.1) is 23.7 Å². The van der Waals surface area contributed by atoms with Gasteiger partial charge in [0.25, 0.3) is 10.0 Å². The minimum Gasteiger partial charge on any atom is -0.481 e. The summed E-state index contributed by atoms with van der Waals surface area (Å²) in [5, 5.41) is 9.69. The first-order valence-electron chi connectivity index (χ1n) is 9.56. The molecular formula is C18H23ClN2O5S2. The number of carbonyl (C=O) groups is 2. The van der Waals surface area contributed by atoms with Crippen LogP contribution >= 0.6 is 22.9 Å². The molecule has 0 spiro atoms. The molecule has 2 atom stereocenters. The lowest BCUT2D eigenvalue weighted by Gasteiger charge is -2.48. The number of sulfonamides is 1. The minimum atomic E-state index is -3.61. The van der Waals surface area contributed by atoms with Gasteiger partial charge in [0.15, 0.2) is 0 Å². The molecule has 28 heavy (non-hydrogen) atoms. The van der Waals surface area contributed by atoms with Gasteiger partial charge in [0.1, 0.15) is 4.21 Å². The zero-order valence-corrected chi connectivity index (χ0v) is 17.7. The van der Waals surface area contributed by atoms with Crippen LogP contribution in [0.3, 0.4) is 0 Å². The summed E-state index contributed by atoms with van der Waals surface area (Å²) in [6, 6.07) is 3.05. The Morgan fingerprint density at radius 3 is 2.07 bits per heavy atom. The van der Waals surface area contributed by atoms with Crippen molar-refractivity contribution < 1.29 is 23.1 Å². The highest BCUT2D eigenvalue weighted by Crippen LogP contribution is 2.49. The number of nitrogens with zero attached hydrogens (tertiary/aromatic N) is 2. The molecule has 7 nitrogen and oxygen atoms in total. The number of halogens is 1. The van der Waals surface area contributed by atoms with Gasteiger partial charge in [0, 0.05) is 26.2 Å². The van der Waals surface area contributed by atoms with Crippen molar-refractivity contribution in [3.05, 3.63) is 16.5 Å². The molecule has 2 bridgehead atoms. The van der Waals surface area contributed by atoms with Gasteiger partial charge in [-0.2, -0.15) is 4.31 Å². The van der Waals surface area contributed by atoms with E-state index in [0.717, 1.165) is 37.0 Å². The summed E-state index contributed by atoms with van der Waals surface area (Å²) in [5.41, 5.74) is 0. The van der Waals surface area contributed by atoms with Crippen LogP contribution in [0.5, 0.6) is 0 Å². The first kappa shape index (κ1) is 20.1. The fraction of sp³-hybridized carbons (Fsp3) is 0.667. The van der Waals surface area contributed by atoms with Crippen LogP contribution in [-0.4, -0.2) is 60.8 Å². The first-order valence-corrected chi connectivity index (χ1v) is 12.2. The van der Waals surface area contributed by atoms with Crippen molar-refractivity contribution in [2.75, 3.05) is 26.2 Å². The monoisotopic (exact) mass is 446 g/mol. The van der Waals surface area contributed by atoms with E-state index < -0.39 is 27.8 Å². The summed E-state index contributed by atoms with van der Waals surface area (Å²) in [7, 11) is -3.61. The Kier molecular flexibility index (Phi) is 5.45. The smallest absolute Gasteiger partial charge is 0.307 e. The largest absolute Gasteiger partial charge is 0.481 e. The molecule has 2 heterocycles. The molecule has 0 unspecified atom stereocenters. The van der Waals surface area contributed by atoms with E-state index in [4.69, 9.17) is 11.6 Å². The number of fused-ring (bicyclic) bond motifs is 3. The number of amides is 1. The zero-order valence-electron chi connectivity index (χ0n) is 15.3. The van der Waals surface area contributed by atoms with Crippen LogP contribution in [-0.2, 0) is 19.6 Å². The maximum atomic E-state index is 13.2. The van der Waals surface area contributed by atoms with Gasteiger partial charge in [-0.05, 0) is 49.7 Å². The number of rotatable bonds is 4. The Morgan fingerprint density at radius 2 is 1.57 bits per heavy atom. The number of carboxylic acid groups (broad SMARTS) is 1. The topological polar surface area (TPSA) is 95.0 Å². The van der Waals surface area contributed by atoms with E-state index in [9.17, 15) is 23.1 Å².